The largest absolute Gasteiger partial charge is 0.454 e. The highest BCUT2D eigenvalue weighted by Crippen LogP contribution is 2.50. The van der Waals surface area contributed by atoms with Gasteiger partial charge in [0.1, 0.15) is 11.2 Å². The van der Waals surface area contributed by atoms with Crippen molar-refractivity contribution in [3.63, 3.8) is 0 Å². The Morgan fingerprint density at radius 3 is 1.53 bits per heavy atom. The van der Waals surface area contributed by atoms with E-state index in [-0.39, 0.29) is 29.1 Å². The third-order valence-electron chi connectivity index (χ3n) is 15.5. The van der Waals surface area contributed by atoms with Crippen LogP contribution in [0.25, 0.3) is 43.9 Å². The third-order valence-corrected chi connectivity index (χ3v) is 16.4. The molecule has 8 aromatic carbocycles. The number of nitrogens with one attached hydrogen (secondary N) is 1. The smallest absolute Gasteiger partial charge is 0.159 e. The van der Waals surface area contributed by atoms with E-state index in [2.05, 4.69) is 192 Å². The van der Waals surface area contributed by atoms with Gasteiger partial charge in [0.25, 0.3) is 0 Å². The monoisotopic (exact) mass is 1080 g/mol. The van der Waals surface area contributed by atoms with E-state index in [4.69, 9.17) is 32.0 Å². The molecule has 0 bridgehead atoms. The molecule has 0 spiro atoms. The number of nitrogens with zero attached hydrogens (tertiary/aromatic N) is 1. The Morgan fingerprint density at radius 1 is 0.459 bits per heavy atom. The summed E-state index contributed by atoms with van der Waals surface area (Å²) in [6.07, 6.45) is 4.82. The van der Waals surface area contributed by atoms with Crippen molar-refractivity contribution in [3.05, 3.63) is 206 Å². The lowest BCUT2D eigenvalue weighted by Crippen LogP contribution is -2.34. The first-order valence-corrected chi connectivity index (χ1v) is 27.1. The summed E-state index contributed by atoms with van der Waals surface area (Å²) in [6.45, 7) is 23.0. The minimum absolute atomic E-state index is 0. The predicted molar refractivity (Wildman–Crippen MR) is 323 cm³/mol. The van der Waals surface area contributed by atoms with Crippen LogP contribution in [0.3, 0.4) is 0 Å². The van der Waals surface area contributed by atoms with Gasteiger partial charge in [0.2, 0.25) is 0 Å². The Balaban J connectivity index is 0.000000157. The van der Waals surface area contributed by atoms with E-state index in [1.165, 1.54) is 53.5 Å². The number of hydrogen-bond acceptors (Lipinski definition) is 4. The fourth-order valence-electron chi connectivity index (χ4n) is 11.3. The zero-order valence-electron chi connectivity index (χ0n) is 43.7. The topological polar surface area (TPSA) is 41.6 Å². The number of para-hydroxylation sites is 4. The molecule has 74 heavy (non-hydrogen) atoms. The highest BCUT2D eigenvalue weighted by molar-refractivity contribution is 9.10. The van der Waals surface area contributed by atoms with Gasteiger partial charge in [-0.1, -0.05) is 175 Å². The van der Waals surface area contributed by atoms with E-state index >= 15 is 0 Å². The summed E-state index contributed by atoms with van der Waals surface area (Å²) < 4.78 is 13.7. The van der Waals surface area contributed by atoms with E-state index in [9.17, 15) is 0 Å². The van der Waals surface area contributed by atoms with Crippen LogP contribution in [0, 0.1) is 13.8 Å². The van der Waals surface area contributed by atoms with Gasteiger partial charge < -0.3 is 19.1 Å². The summed E-state index contributed by atoms with van der Waals surface area (Å²) in [5.74, 6) is 0. The molecule has 7 heteroatoms. The second-order valence-corrected chi connectivity index (χ2v) is 24.7. The maximum Gasteiger partial charge on any atom is 0.159 e. The molecule has 2 aliphatic carbocycles. The summed E-state index contributed by atoms with van der Waals surface area (Å²) in [6, 6.07) is 55.2. The molecule has 0 radical (unpaired) electrons. The molecule has 2 aromatic heterocycles. The van der Waals surface area contributed by atoms with Crippen molar-refractivity contribution in [2.75, 3.05) is 10.2 Å². The van der Waals surface area contributed by atoms with E-state index in [0.29, 0.717) is 0 Å². The molecule has 1 N–H and O–H groups in total. The van der Waals surface area contributed by atoms with Crippen molar-refractivity contribution < 1.29 is 8.83 Å². The molecule has 0 atom stereocenters. The van der Waals surface area contributed by atoms with Crippen LogP contribution in [0.2, 0.25) is 10.0 Å². The second kappa shape index (κ2) is 20.3. The van der Waals surface area contributed by atoms with Crippen molar-refractivity contribution in [1.29, 1.82) is 0 Å². The number of benzene rings is 8. The summed E-state index contributed by atoms with van der Waals surface area (Å²) in [4.78, 5) is 2.31. The van der Waals surface area contributed by atoms with Crippen LogP contribution >= 0.6 is 39.1 Å². The second-order valence-electron chi connectivity index (χ2n) is 23.0. The van der Waals surface area contributed by atoms with Crippen molar-refractivity contribution in [2.24, 2.45) is 0 Å². The first-order chi connectivity index (χ1) is 34.7. The van der Waals surface area contributed by atoms with Crippen LogP contribution in [-0.4, -0.2) is 0 Å². The van der Waals surface area contributed by atoms with Crippen LogP contribution in [0.1, 0.15) is 122 Å². The lowest BCUT2D eigenvalue weighted by molar-refractivity contribution is 0.332. The molecular weight excluding hydrogens is 1020 g/mol. The van der Waals surface area contributed by atoms with Crippen LogP contribution in [-0.2, 0) is 21.7 Å². The van der Waals surface area contributed by atoms with Gasteiger partial charge in [-0.2, -0.15) is 0 Å². The van der Waals surface area contributed by atoms with Crippen LogP contribution < -0.4 is 10.2 Å². The highest BCUT2D eigenvalue weighted by atomic mass is 79.9. The molecule has 10 aromatic rings. The maximum absolute atomic E-state index is 6.60. The minimum atomic E-state index is 0. The first-order valence-electron chi connectivity index (χ1n) is 25.6. The number of fused-ring (bicyclic) bond motifs is 8. The fourth-order valence-corrected chi connectivity index (χ4v) is 12.6. The Labute approximate surface area is 457 Å². The SMILES string of the molecule is C.CC1(C)CCC(C)(C)c2cc(Nc3cccc4c3oc3ccccc34)ccc21.Cc1cc(Cl)cc(Br)c1.Cc1cc(Cl)cc(N(c2ccc3c(c2)C(C)(C)CCC3(C)C)c2cccc3c2oc2ccccc23)c1. The van der Waals surface area contributed by atoms with Gasteiger partial charge in [-0.15, -0.1) is 0 Å². The van der Waals surface area contributed by atoms with E-state index in [0.717, 1.165) is 92.4 Å². The van der Waals surface area contributed by atoms with Gasteiger partial charge in [0.15, 0.2) is 11.2 Å². The summed E-state index contributed by atoms with van der Waals surface area (Å²) in [7, 11) is 0. The fraction of sp³-hybridized carbons (Fsp3) is 0.284. The van der Waals surface area contributed by atoms with Gasteiger partial charge in [0.05, 0.1) is 11.4 Å². The maximum atomic E-state index is 6.60. The Bertz CT molecular complexity index is 3640. The third kappa shape index (κ3) is 10.4. The quantitative estimate of drug-likeness (QED) is 0.186. The number of aryl methyl sites for hydroxylation is 2. The normalized spacial score (nSPS) is 15.7. The summed E-state index contributed by atoms with van der Waals surface area (Å²) in [5.41, 5.74) is 17.8. The zero-order chi connectivity index (χ0) is 51.6. The molecule has 0 aliphatic heterocycles. The molecule has 2 aliphatic rings. The molecule has 0 unspecified atom stereocenters. The van der Waals surface area contributed by atoms with Gasteiger partial charge in [-0.3, -0.25) is 0 Å². The van der Waals surface area contributed by atoms with Gasteiger partial charge in [0, 0.05) is 53.1 Å². The van der Waals surface area contributed by atoms with E-state index in [1.54, 1.807) is 0 Å². The van der Waals surface area contributed by atoms with Gasteiger partial charge >= 0.3 is 0 Å². The average molecular weight is 1090 g/mol. The van der Waals surface area contributed by atoms with Gasteiger partial charge in [-0.25, -0.2) is 0 Å². The lowest BCUT2D eigenvalue weighted by Gasteiger charge is -2.42. The molecule has 0 saturated heterocycles. The summed E-state index contributed by atoms with van der Waals surface area (Å²) >= 11 is 15.6. The highest BCUT2D eigenvalue weighted by Gasteiger charge is 2.39. The Kier molecular flexibility index (Phi) is 14.5. The van der Waals surface area contributed by atoms with Gasteiger partial charge in [-0.05, 0) is 180 Å². The molecule has 0 fully saturated rings. The van der Waals surface area contributed by atoms with Crippen molar-refractivity contribution in [1.82, 2.24) is 0 Å². The molecule has 0 saturated carbocycles. The van der Waals surface area contributed by atoms with Crippen LogP contribution in [0.15, 0.2) is 171 Å². The number of hydrogen-bond donors (Lipinski definition) is 1. The number of halogens is 3. The molecule has 0 amide bonds. The van der Waals surface area contributed by atoms with Crippen molar-refractivity contribution >= 4 is 111 Å². The minimum Gasteiger partial charge on any atom is -0.454 e. The molecule has 380 valence electrons. The van der Waals surface area contributed by atoms with E-state index in [1.807, 2.05) is 61.5 Å². The number of anilines is 5. The Morgan fingerprint density at radius 2 is 0.946 bits per heavy atom. The van der Waals surface area contributed by atoms with Crippen molar-refractivity contribution in [3.8, 4) is 0 Å². The average Bonchev–Trinajstić information content (AvgIpc) is 3.92. The lowest BCUT2D eigenvalue weighted by atomic mass is 9.63. The number of rotatable bonds is 5. The summed E-state index contributed by atoms with van der Waals surface area (Å²) in [5, 5.41) is 9.70. The van der Waals surface area contributed by atoms with E-state index < -0.39 is 0 Å². The standard InChI is InChI=1S/C33H32ClNO.C26H27NO.C7H6BrCl.CH4/c1-21-17-22(34)19-24(18-21)35(23-13-14-27-28(20-23)33(4,5)16-15-32(27,2)3)29-11-8-10-26-25-9-6-7-12-30(25)36-31(26)29;1-25(2)14-15-26(3,4)21-16-17(12-13-20(21)25)27-22-10-7-9-19-18-8-5-6-11-23(18)28-24(19)22;1-5-2-6(8)4-7(9)3-5;/h6-14,17-20H,15-16H2,1-5H3;5-13,16,27H,14-15H2,1-4H3;2-4H,1H3;1H4. The predicted octanol–water partition coefficient (Wildman–Crippen LogP) is 22.1. The molecular formula is C67H69BrCl2N2O2. The first kappa shape index (κ1) is 52.9. The molecule has 4 nitrogen and oxygen atoms in total. The van der Waals surface area contributed by atoms with Crippen LogP contribution in [0.5, 0.6) is 0 Å². The Hall–Kier alpha value is -5.98. The van der Waals surface area contributed by atoms with Crippen molar-refractivity contribution in [2.45, 2.75) is 124 Å². The molecule has 2 heterocycles. The zero-order valence-corrected chi connectivity index (χ0v) is 46.8. The number of furan rings is 2. The molecule has 12 rings (SSSR count). The van der Waals surface area contributed by atoms with Crippen LogP contribution in [0.4, 0.5) is 28.4 Å².